The van der Waals surface area contributed by atoms with Gasteiger partial charge >= 0.3 is 12.2 Å². The lowest BCUT2D eigenvalue weighted by Gasteiger charge is -2.12. The van der Waals surface area contributed by atoms with Gasteiger partial charge < -0.3 is 21.4 Å². The molecule has 11 heteroatoms. The van der Waals surface area contributed by atoms with Gasteiger partial charge in [-0.15, -0.1) is 0 Å². The Morgan fingerprint density at radius 2 is 1.77 bits per heavy atom. The minimum absolute atomic E-state index is 0.142. The highest BCUT2D eigenvalue weighted by Gasteiger charge is 2.31. The number of hydrogen-bond donors (Lipinski definition) is 4. The van der Waals surface area contributed by atoms with Crippen LogP contribution in [-0.2, 0) is 6.18 Å². The molecule has 2 amide bonds. The molecule has 0 aliphatic heterocycles. The van der Waals surface area contributed by atoms with Gasteiger partial charge in [0.1, 0.15) is 11.5 Å². The van der Waals surface area contributed by atoms with Gasteiger partial charge in [-0.2, -0.15) is 18.2 Å². The van der Waals surface area contributed by atoms with Gasteiger partial charge in [0.15, 0.2) is 0 Å². The summed E-state index contributed by atoms with van der Waals surface area (Å²) < 4.78 is 52.1. The zero-order chi connectivity index (χ0) is 22.2. The molecule has 2 aromatic heterocycles. The van der Waals surface area contributed by atoms with E-state index < -0.39 is 29.3 Å². The molecule has 0 radical (unpaired) electrons. The first kappa shape index (κ1) is 20.1. The zero-order valence-corrected chi connectivity index (χ0v) is 15.6. The van der Waals surface area contributed by atoms with Crippen LogP contribution in [0.5, 0.6) is 0 Å². The standard InChI is InChI=1S/C20H14F4N6O/c21-14-6-3-12(20(22,23)24)8-16(14)29-19(31)27-13-4-1-10(2-5-13)15-7-11-9-26-18(25)30-17(11)28-15/h1-9H,(H2,27,29,31)(H3,25,26,28,30). The van der Waals surface area contributed by atoms with Crippen molar-refractivity contribution in [1.29, 1.82) is 0 Å². The number of rotatable bonds is 3. The van der Waals surface area contributed by atoms with Crippen LogP contribution in [0.2, 0.25) is 0 Å². The van der Waals surface area contributed by atoms with Gasteiger partial charge in [-0.05, 0) is 42.0 Å². The van der Waals surface area contributed by atoms with Gasteiger partial charge in [-0.1, -0.05) is 12.1 Å². The van der Waals surface area contributed by atoms with E-state index in [9.17, 15) is 22.4 Å². The zero-order valence-electron chi connectivity index (χ0n) is 15.6. The number of nitrogens with one attached hydrogen (secondary N) is 3. The number of aromatic amines is 1. The predicted molar refractivity (Wildman–Crippen MR) is 108 cm³/mol. The summed E-state index contributed by atoms with van der Waals surface area (Å²) in [6.07, 6.45) is -3.07. The summed E-state index contributed by atoms with van der Waals surface area (Å²) in [5.41, 5.74) is 6.37. The number of nitrogens with zero attached hydrogens (tertiary/aromatic N) is 2. The molecule has 0 bridgehead atoms. The maximum Gasteiger partial charge on any atom is 0.416 e. The molecule has 2 heterocycles. The molecule has 0 aliphatic rings. The molecule has 0 saturated heterocycles. The molecule has 4 rings (SSSR count). The van der Waals surface area contributed by atoms with Crippen molar-refractivity contribution in [2.75, 3.05) is 16.4 Å². The Hall–Kier alpha value is -4.15. The molecule has 0 fully saturated rings. The Bertz CT molecular complexity index is 1270. The van der Waals surface area contributed by atoms with Gasteiger partial charge in [0.05, 0.1) is 11.3 Å². The highest BCUT2D eigenvalue weighted by molar-refractivity contribution is 6.00. The lowest BCUT2D eigenvalue weighted by molar-refractivity contribution is -0.137. The molecule has 5 N–H and O–H groups in total. The number of urea groups is 1. The summed E-state index contributed by atoms with van der Waals surface area (Å²) >= 11 is 0. The van der Waals surface area contributed by atoms with Crippen LogP contribution >= 0.6 is 0 Å². The van der Waals surface area contributed by atoms with Crippen LogP contribution in [0.15, 0.2) is 54.7 Å². The van der Waals surface area contributed by atoms with Crippen LogP contribution < -0.4 is 16.4 Å². The van der Waals surface area contributed by atoms with Crippen LogP contribution in [0.1, 0.15) is 5.56 Å². The monoisotopic (exact) mass is 430 g/mol. The molecule has 4 aromatic rings. The Morgan fingerprint density at radius 1 is 1.03 bits per heavy atom. The fourth-order valence-electron chi connectivity index (χ4n) is 2.90. The van der Waals surface area contributed by atoms with Gasteiger partial charge in [-0.25, -0.2) is 14.2 Å². The number of nitrogen functional groups attached to an aromatic ring is 1. The van der Waals surface area contributed by atoms with Crippen LogP contribution in [0.3, 0.4) is 0 Å². The molecule has 0 spiro atoms. The van der Waals surface area contributed by atoms with Crippen LogP contribution in [0.25, 0.3) is 22.3 Å². The van der Waals surface area contributed by atoms with Crippen molar-refractivity contribution >= 4 is 34.4 Å². The highest BCUT2D eigenvalue weighted by atomic mass is 19.4. The molecule has 31 heavy (non-hydrogen) atoms. The molecule has 0 saturated carbocycles. The number of H-pyrrole nitrogens is 1. The number of aromatic nitrogens is 3. The minimum Gasteiger partial charge on any atom is -0.368 e. The van der Waals surface area contributed by atoms with E-state index in [0.717, 1.165) is 16.6 Å². The van der Waals surface area contributed by atoms with Gasteiger partial charge in [0, 0.05) is 23.0 Å². The number of benzene rings is 2. The first-order valence-corrected chi connectivity index (χ1v) is 8.85. The molecular weight excluding hydrogens is 416 g/mol. The third kappa shape index (κ3) is 4.39. The average Bonchev–Trinajstić information content (AvgIpc) is 3.12. The number of hydrogen-bond acceptors (Lipinski definition) is 4. The maximum absolute atomic E-state index is 13.8. The lowest BCUT2D eigenvalue weighted by Crippen LogP contribution is -2.20. The Balaban J connectivity index is 1.47. The first-order valence-electron chi connectivity index (χ1n) is 8.85. The number of halogens is 4. The largest absolute Gasteiger partial charge is 0.416 e. The van der Waals surface area contributed by atoms with E-state index in [4.69, 9.17) is 5.73 Å². The first-order chi connectivity index (χ1) is 14.7. The number of anilines is 3. The number of carbonyl (C=O) groups is 1. The number of fused-ring (bicyclic) bond motifs is 1. The minimum atomic E-state index is -4.66. The van der Waals surface area contributed by atoms with Crippen LogP contribution in [0.4, 0.5) is 39.7 Å². The Labute approximate surface area is 172 Å². The van der Waals surface area contributed by atoms with E-state index >= 15 is 0 Å². The fraction of sp³-hybridized carbons (Fsp3) is 0.0500. The predicted octanol–water partition coefficient (Wildman–Crippen LogP) is 5.01. The number of nitrogens with two attached hydrogens (primary N) is 1. The second-order valence-electron chi connectivity index (χ2n) is 6.56. The highest BCUT2D eigenvalue weighted by Crippen LogP contribution is 2.32. The van der Waals surface area contributed by atoms with Crippen molar-refractivity contribution in [3.8, 4) is 11.3 Å². The Morgan fingerprint density at radius 3 is 2.48 bits per heavy atom. The maximum atomic E-state index is 13.8. The summed E-state index contributed by atoms with van der Waals surface area (Å²) in [7, 11) is 0. The van der Waals surface area contributed by atoms with Gasteiger partial charge in [0.2, 0.25) is 5.95 Å². The van der Waals surface area contributed by atoms with Crippen molar-refractivity contribution in [3.63, 3.8) is 0 Å². The SMILES string of the molecule is Nc1ncc2cc(-c3ccc(NC(=O)Nc4cc(C(F)(F)F)ccc4F)cc3)[nH]c2n1. The second kappa shape index (κ2) is 7.59. The van der Waals surface area contributed by atoms with E-state index in [2.05, 4.69) is 25.6 Å². The van der Waals surface area contributed by atoms with Crippen molar-refractivity contribution in [2.45, 2.75) is 6.18 Å². The third-order valence-electron chi connectivity index (χ3n) is 4.38. The topological polar surface area (TPSA) is 109 Å². The second-order valence-corrected chi connectivity index (χ2v) is 6.56. The smallest absolute Gasteiger partial charge is 0.368 e. The van der Waals surface area contributed by atoms with E-state index in [-0.39, 0.29) is 5.95 Å². The molecule has 0 aliphatic carbocycles. The van der Waals surface area contributed by atoms with Crippen molar-refractivity contribution in [3.05, 3.63) is 66.1 Å². The quantitative estimate of drug-likeness (QED) is 0.343. The van der Waals surface area contributed by atoms with E-state index in [0.29, 0.717) is 29.5 Å². The van der Waals surface area contributed by atoms with Gasteiger partial charge in [0.25, 0.3) is 0 Å². The van der Waals surface area contributed by atoms with E-state index in [1.165, 1.54) is 0 Å². The molecule has 7 nitrogen and oxygen atoms in total. The molecular formula is C20H14F4N6O. The van der Waals surface area contributed by atoms with Crippen molar-refractivity contribution in [2.24, 2.45) is 0 Å². The van der Waals surface area contributed by atoms with Crippen molar-refractivity contribution < 1.29 is 22.4 Å². The Kier molecular flexibility index (Phi) is 4.93. The van der Waals surface area contributed by atoms with E-state index in [1.54, 1.807) is 30.5 Å². The van der Waals surface area contributed by atoms with Crippen molar-refractivity contribution in [1.82, 2.24) is 15.0 Å². The normalized spacial score (nSPS) is 11.5. The number of amides is 2. The van der Waals surface area contributed by atoms with Gasteiger partial charge in [-0.3, -0.25) is 0 Å². The van der Waals surface area contributed by atoms with Crippen LogP contribution in [-0.4, -0.2) is 21.0 Å². The average molecular weight is 430 g/mol. The summed E-state index contributed by atoms with van der Waals surface area (Å²) in [4.78, 5) is 23.2. The number of carbonyl (C=O) groups excluding carboxylic acids is 1. The summed E-state index contributed by atoms with van der Waals surface area (Å²) in [6.45, 7) is 0. The molecule has 158 valence electrons. The molecule has 0 unspecified atom stereocenters. The lowest BCUT2D eigenvalue weighted by atomic mass is 10.1. The molecule has 2 aromatic carbocycles. The number of alkyl halides is 3. The van der Waals surface area contributed by atoms with Crippen LogP contribution in [0, 0.1) is 5.82 Å². The fourth-order valence-corrected chi connectivity index (χ4v) is 2.90. The third-order valence-corrected chi connectivity index (χ3v) is 4.38. The summed E-state index contributed by atoms with van der Waals surface area (Å²) in [5.74, 6) is -0.843. The molecule has 0 atom stereocenters. The summed E-state index contributed by atoms with van der Waals surface area (Å²) in [5, 5.41) is 5.30. The van der Waals surface area contributed by atoms with E-state index in [1.807, 2.05) is 6.07 Å². The summed E-state index contributed by atoms with van der Waals surface area (Å²) in [6, 6.07) is 9.31.